The maximum Gasteiger partial charge on any atom is 0.256 e. The second-order valence-corrected chi connectivity index (χ2v) is 3.64. The lowest BCUT2D eigenvalue weighted by molar-refractivity contribution is 0.102. The van der Waals surface area contributed by atoms with Crippen molar-refractivity contribution in [3.05, 3.63) is 47.2 Å². The second-order valence-electron chi connectivity index (χ2n) is 3.64. The molecule has 0 aliphatic carbocycles. The van der Waals surface area contributed by atoms with Crippen LogP contribution in [0.4, 0.5) is 5.82 Å². The van der Waals surface area contributed by atoms with Crippen molar-refractivity contribution >= 4 is 11.7 Å². The smallest absolute Gasteiger partial charge is 0.256 e. The van der Waals surface area contributed by atoms with Crippen LogP contribution < -0.4 is 5.32 Å². The molecule has 1 aromatic heterocycles. The van der Waals surface area contributed by atoms with Crippen molar-refractivity contribution in [2.24, 2.45) is 0 Å². The summed E-state index contributed by atoms with van der Waals surface area (Å²) in [4.78, 5) is 11.7. The van der Waals surface area contributed by atoms with Gasteiger partial charge in [-0.3, -0.25) is 4.79 Å². The van der Waals surface area contributed by atoms with Crippen LogP contribution in [0.1, 0.15) is 21.7 Å². The molecule has 0 aliphatic heterocycles. The third kappa shape index (κ3) is 2.28. The monoisotopic (exact) mass is 216 g/mol. The fourth-order valence-electron chi connectivity index (χ4n) is 1.32. The van der Waals surface area contributed by atoms with E-state index >= 15 is 0 Å². The number of nitrogens with one attached hydrogen (secondary N) is 1. The Morgan fingerprint density at radius 3 is 2.50 bits per heavy atom. The zero-order valence-electron chi connectivity index (χ0n) is 9.15. The number of aromatic nitrogens is 1. The van der Waals surface area contributed by atoms with E-state index in [4.69, 9.17) is 4.52 Å². The summed E-state index contributed by atoms with van der Waals surface area (Å²) in [5.74, 6) is 0.913. The van der Waals surface area contributed by atoms with Crippen LogP contribution in [-0.4, -0.2) is 11.1 Å². The first kappa shape index (κ1) is 10.4. The van der Waals surface area contributed by atoms with Crippen LogP contribution in [0.15, 0.2) is 34.9 Å². The predicted molar refractivity (Wildman–Crippen MR) is 60.4 cm³/mol. The summed E-state index contributed by atoms with van der Waals surface area (Å²) >= 11 is 0. The van der Waals surface area contributed by atoms with E-state index < -0.39 is 0 Å². The minimum Gasteiger partial charge on any atom is -0.360 e. The number of hydrogen-bond donors (Lipinski definition) is 1. The van der Waals surface area contributed by atoms with Gasteiger partial charge >= 0.3 is 0 Å². The zero-order valence-corrected chi connectivity index (χ0v) is 9.15. The van der Waals surface area contributed by atoms with Crippen molar-refractivity contribution in [3.8, 4) is 0 Å². The van der Waals surface area contributed by atoms with Gasteiger partial charge in [-0.15, -0.1) is 0 Å². The normalized spacial score (nSPS) is 10.1. The Balaban J connectivity index is 2.11. The Morgan fingerprint density at radius 2 is 1.94 bits per heavy atom. The fraction of sp³-hybridized carbons (Fsp3) is 0.167. The van der Waals surface area contributed by atoms with Gasteiger partial charge < -0.3 is 9.84 Å². The van der Waals surface area contributed by atoms with Crippen molar-refractivity contribution in [3.63, 3.8) is 0 Å². The Kier molecular flexibility index (Phi) is 2.72. The molecule has 2 rings (SSSR count). The van der Waals surface area contributed by atoms with E-state index in [0.29, 0.717) is 17.1 Å². The molecule has 1 heterocycles. The van der Waals surface area contributed by atoms with E-state index in [0.717, 1.165) is 5.56 Å². The van der Waals surface area contributed by atoms with Crippen molar-refractivity contribution in [2.45, 2.75) is 13.8 Å². The maximum atomic E-state index is 11.7. The summed E-state index contributed by atoms with van der Waals surface area (Å²) in [5, 5.41) is 6.35. The summed E-state index contributed by atoms with van der Waals surface area (Å²) in [7, 11) is 0. The number of anilines is 1. The SMILES string of the molecule is Cc1ccc(C(=O)Nc2cc(C)on2)cc1. The van der Waals surface area contributed by atoms with E-state index in [1.165, 1.54) is 0 Å². The van der Waals surface area contributed by atoms with Crippen LogP contribution in [0.3, 0.4) is 0 Å². The van der Waals surface area contributed by atoms with Crippen molar-refractivity contribution in [1.82, 2.24) is 5.16 Å². The first-order chi connectivity index (χ1) is 7.65. The average molecular weight is 216 g/mol. The largest absolute Gasteiger partial charge is 0.360 e. The molecule has 1 N–H and O–H groups in total. The summed E-state index contributed by atoms with van der Waals surface area (Å²) in [6, 6.07) is 9.01. The molecule has 4 nitrogen and oxygen atoms in total. The number of amides is 1. The Morgan fingerprint density at radius 1 is 1.25 bits per heavy atom. The Bertz CT molecular complexity index is 500. The quantitative estimate of drug-likeness (QED) is 0.839. The number of nitrogens with zero attached hydrogens (tertiary/aromatic N) is 1. The molecule has 0 bridgehead atoms. The van der Waals surface area contributed by atoms with Gasteiger partial charge in [0.25, 0.3) is 5.91 Å². The number of carbonyl (C=O) groups excluding carboxylic acids is 1. The van der Waals surface area contributed by atoms with Crippen LogP contribution in [0, 0.1) is 13.8 Å². The molecule has 0 radical (unpaired) electrons. The molecule has 4 heteroatoms. The van der Waals surface area contributed by atoms with Crippen molar-refractivity contribution in [1.29, 1.82) is 0 Å². The average Bonchev–Trinajstić information content (AvgIpc) is 2.65. The summed E-state index contributed by atoms with van der Waals surface area (Å²) in [5.41, 5.74) is 1.72. The molecule has 0 spiro atoms. The van der Waals surface area contributed by atoms with Crippen LogP contribution >= 0.6 is 0 Å². The molecule has 1 aromatic carbocycles. The lowest BCUT2D eigenvalue weighted by atomic mass is 10.1. The molecule has 0 atom stereocenters. The highest BCUT2D eigenvalue weighted by Crippen LogP contribution is 2.10. The van der Waals surface area contributed by atoms with E-state index in [9.17, 15) is 4.79 Å². The molecule has 0 fully saturated rings. The molecule has 2 aromatic rings. The summed E-state index contributed by atoms with van der Waals surface area (Å²) in [6.45, 7) is 3.75. The van der Waals surface area contributed by atoms with E-state index in [-0.39, 0.29) is 5.91 Å². The van der Waals surface area contributed by atoms with Gasteiger partial charge in [0.15, 0.2) is 5.82 Å². The lowest BCUT2D eigenvalue weighted by Crippen LogP contribution is -2.11. The number of carbonyl (C=O) groups is 1. The minimum atomic E-state index is -0.187. The number of aryl methyl sites for hydroxylation is 2. The molecule has 1 amide bonds. The molecule has 0 saturated heterocycles. The highest BCUT2D eigenvalue weighted by molar-refractivity contribution is 6.03. The molecule has 0 saturated carbocycles. The van der Waals surface area contributed by atoms with Crippen LogP contribution in [0.5, 0.6) is 0 Å². The van der Waals surface area contributed by atoms with Gasteiger partial charge in [0.1, 0.15) is 5.76 Å². The van der Waals surface area contributed by atoms with Gasteiger partial charge in [-0.2, -0.15) is 0 Å². The predicted octanol–water partition coefficient (Wildman–Crippen LogP) is 2.54. The van der Waals surface area contributed by atoms with Crippen molar-refractivity contribution in [2.75, 3.05) is 5.32 Å². The molecule has 16 heavy (non-hydrogen) atoms. The van der Waals surface area contributed by atoms with E-state index in [1.807, 2.05) is 19.1 Å². The fourth-order valence-corrected chi connectivity index (χ4v) is 1.32. The van der Waals surface area contributed by atoms with Gasteiger partial charge in [-0.05, 0) is 26.0 Å². The number of hydrogen-bond acceptors (Lipinski definition) is 3. The molecule has 82 valence electrons. The van der Waals surface area contributed by atoms with Gasteiger partial charge in [0.2, 0.25) is 0 Å². The topological polar surface area (TPSA) is 55.1 Å². The molecular weight excluding hydrogens is 204 g/mol. The van der Waals surface area contributed by atoms with Crippen molar-refractivity contribution < 1.29 is 9.32 Å². The van der Waals surface area contributed by atoms with Gasteiger partial charge in [-0.1, -0.05) is 22.9 Å². The third-order valence-electron chi connectivity index (χ3n) is 2.18. The summed E-state index contributed by atoms with van der Waals surface area (Å²) < 4.78 is 4.86. The highest BCUT2D eigenvalue weighted by atomic mass is 16.5. The molecule has 0 unspecified atom stereocenters. The molecule has 0 aliphatic rings. The standard InChI is InChI=1S/C12H12N2O2/c1-8-3-5-10(6-4-8)12(15)13-11-7-9(2)16-14-11/h3-7H,1-2H3,(H,13,14,15). The number of rotatable bonds is 2. The Hall–Kier alpha value is -2.10. The minimum absolute atomic E-state index is 0.187. The first-order valence-electron chi connectivity index (χ1n) is 4.96. The van der Waals surface area contributed by atoms with Crippen LogP contribution in [-0.2, 0) is 0 Å². The zero-order chi connectivity index (χ0) is 11.5. The van der Waals surface area contributed by atoms with Gasteiger partial charge in [-0.25, -0.2) is 0 Å². The first-order valence-corrected chi connectivity index (χ1v) is 4.96. The third-order valence-corrected chi connectivity index (χ3v) is 2.18. The Labute approximate surface area is 93.3 Å². The summed E-state index contributed by atoms with van der Waals surface area (Å²) in [6.07, 6.45) is 0. The van der Waals surface area contributed by atoms with Crippen LogP contribution in [0.25, 0.3) is 0 Å². The number of benzene rings is 1. The van der Waals surface area contributed by atoms with E-state index in [1.54, 1.807) is 25.1 Å². The van der Waals surface area contributed by atoms with E-state index in [2.05, 4.69) is 10.5 Å². The second kappa shape index (κ2) is 4.18. The van der Waals surface area contributed by atoms with Gasteiger partial charge in [0, 0.05) is 11.6 Å². The van der Waals surface area contributed by atoms with Gasteiger partial charge in [0.05, 0.1) is 0 Å². The maximum absolute atomic E-state index is 11.7. The molecular formula is C12H12N2O2. The highest BCUT2D eigenvalue weighted by Gasteiger charge is 2.07. The van der Waals surface area contributed by atoms with Crippen LogP contribution in [0.2, 0.25) is 0 Å². The lowest BCUT2D eigenvalue weighted by Gasteiger charge is -2.01.